The third kappa shape index (κ3) is 3.96. The molecule has 1 amide bonds. The van der Waals surface area contributed by atoms with Gasteiger partial charge in [-0.3, -0.25) is 4.79 Å². The van der Waals surface area contributed by atoms with Crippen molar-refractivity contribution < 1.29 is 4.79 Å². The maximum atomic E-state index is 12.7. The average molecular weight is 380 g/mol. The largest absolute Gasteiger partial charge is 0.336 e. The van der Waals surface area contributed by atoms with Gasteiger partial charge in [0.15, 0.2) is 0 Å². The molecule has 1 aromatic heterocycles. The lowest BCUT2D eigenvalue weighted by molar-refractivity contribution is -0.138. The maximum Gasteiger partial charge on any atom is 0.249 e. The number of benzene rings is 1. The first-order valence-electron chi connectivity index (χ1n) is 7.69. The normalized spacial score (nSPS) is 12.7. The van der Waals surface area contributed by atoms with Crippen molar-refractivity contribution in [3.63, 3.8) is 0 Å². The summed E-state index contributed by atoms with van der Waals surface area (Å²) in [4.78, 5) is 15.9. The van der Waals surface area contributed by atoms with Crippen LogP contribution in [0.4, 0.5) is 0 Å². The fourth-order valence-electron chi connectivity index (χ4n) is 2.52. The third-order valence-corrected chi connectivity index (χ3v) is 4.13. The first-order valence-corrected chi connectivity index (χ1v) is 8.48. The number of carbonyl (C=O) groups is 1. The minimum Gasteiger partial charge on any atom is -0.336 e. The molecule has 0 aliphatic heterocycles. The van der Waals surface area contributed by atoms with Gasteiger partial charge >= 0.3 is 0 Å². The molecule has 0 spiro atoms. The summed E-state index contributed by atoms with van der Waals surface area (Å²) >= 11 is 3.40. The number of halogens is 1. The van der Waals surface area contributed by atoms with Crippen molar-refractivity contribution in [3.8, 4) is 11.4 Å². The molecule has 6 nitrogen and oxygen atoms in total. The molecule has 0 N–H and O–H groups in total. The van der Waals surface area contributed by atoms with Crippen LogP contribution in [-0.2, 0) is 4.79 Å². The summed E-state index contributed by atoms with van der Waals surface area (Å²) in [5.41, 5.74) is 0.865. The Kier molecular flexibility index (Phi) is 5.51. The standard InChI is InChI=1S/C16H22BrN5O/c1-10(2)21(11(3)4)16(23)12(5)22-19-15(18-20-22)13-6-8-14(17)9-7-13/h6-12H,1-5H3. The Morgan fingerprint density at radius 2 is 1.65 bits per heavy atom. The highest BCUT2D eigenvalue weighted by Crippen LogP contribution is 2.19. The van der Waals surface area contributed by atoms with Gasteiger partial charge in [0.05, 0.1) is 0 Å². The zero-order valence-electron chi connectivity index (χ0n) is 14.1. The SMILES string of the molecule is CC(C)N(C(=O)C(C)n1nnc(-c2ccc(Br)cc2)n1)C(C)C. The van der Waals surface area contributed by atoms with E-state index in [1.165, 1.54) is 4.80 Å². The molecule has 1 heterocycles. The molecule has 0 saturated heterocycles. The van der Waals surface area contributed by atoms with Crippen molar-refractivity contribution in [1.82, 2.24) is 25.1 Å². The zero-order valence-corrected chi connectivity index (χ0v) is 15.6. The third-order valence-electron chi connectivity index (χ3n) is 3.60. The Balaban J connectivity index is 2.22. The highest BCUT2D eigenvalue weighted by atomic mass is 79.9. The van der Waals surface area contributed by atoms with Crippen LogP contribution in [0.25, 0.3) is 11.4 Å². The van der Waals surface area contributed by atoms with E-state index in [0.29, 0.717) is 5.82 Å². The van der Waals surface area contributed by atoms with Crippen LogP contribution in [0.15, 0.2) is 28.7 Å². The topological polar surface area (TPSA) is 63.9 Å². The molecule has 1 unspecified atom stereocenters. The number of hydrogen-bond donors (Lipinski definition) is 0. The van der Waals surface area contributed by atoms with Crippen LogP contribution < -0.4 is 0 Å². The fourth-order valence-corrected chi connectivity index (χ4v) is 2.79. The molecule has 0 fully saturated rings. The van der Waals surface area contributed by atoms with E-state index in [4.69, 9.17) is 0 Å². The predicted molar refractivity (Wildman–Crippen MR) is 92.8 cm³/mol. The lowest BCUT2D eigenvalue weighted by atomic mass is 10.2. The van der Waals surface area contributed by atoms with Gasteiger partial charge in [-0.15, -0.1) is 10.2 Å². The number of tetrazole rings is 1. The first-order chi connectivity index (χ1) is 10.8. The highest BCUT2D eigenvalue weighted by molar-refractivity contribution is 9.10. The Labute approximate surface area is 145 Å². The average Bonchev–Trinajstić information content (AvgIpc) is 2.96. The molecule has 2 aromatic rings. The van der Waals surface area contributed by atoms with E-state index in [2.05, 4.69) is 31.3 Å². The number of amides is 1. The molecule has 23 heavy (non-hydrogen) atoms. The predicted octanol–water partition coefficient (Wildman–Crippen LogP) is 3.31. The number of hydrogen-bond acceptors (Lipinski definition) is 4. The van der Waals surface area contributed by atoms with Gasteiger partial charge in [0.2, 0.25) is 11.7 Å². The van der Waals surface area contributed by atoms with Gasteiger partial charge in [-0.2, -0.15) is 4.80 Å². The van der Waals surface area contributed by atoms with E-state index in [-0.39, 0.29) is 18.0 Å². The summed E-state index contributed by atoms with van der Waals surface area (Å²) in [5.74, 6) is 0.507. The van der Waals surface area contributed by atoms with Crippen LogP contribution >= 0.6 is 15.9 Å². The van der Waals surface area contributed by atoms with Gasteiger partial charge in [-0.25, -0.2) is 0 Å². The van der Waals surface area contributed by atoms with Crippen molar-refractivity contribution in [2.24, 2.45) is 0 Å². The Morgan fingerprint density at radius 1 is 1.09 bits per heavy atom. The second kappa shape index (κ2) is 7.21. The summed E-state index contributed by atoms with van der Waals surface area (Å²) in [6, 6.07) is 7.42. The van der Waals surface area contributed by atoms with E-state index >= 15 is 0 Å². The zero-order chi connectivity index (χ0) is 17.1. The first kappa shape index (κ1) is 17.6. The van der Waals surface area contributed by atoms with Gasteiger partial charge in [-0.1, -0.05) is 15.9 Å². The van der Waals surface area contributed by atoms with E-state index in [9.17, 15) is 4.79 Å². The summed E-state index contributed by atoms with van der Waals surface area (Å²) in [6.45, 7) is 9.83. The molecule has 0 saturated carbocycles. The Morgan fingerprint density at radius 3 is 2.17 bits per heavy atom. The number of rotatable bonds is 5. The molecule has 0 radical (unpaired) electrons. The summed E-state index contributed by atoms with van der Waals surface area (Å²) in [7, 11) is 0. The number of nitrogens with zero attached hydrogens (tertiary/aromatic N) is 5. The van der Waals surface area contributed by atoms with Crippen molar-refractivity contribution in [3.05, 3.63) is 28.7 Å². The summed E-state index contributed by atoms with van der Waals surface area (Å²) < 4.78 is 0.988. The summed E-state index contributed by atoms with van der Waals surface area (Å²) in [6.07, 6.45) is 0. The van der Waals surface area contributed by atoms with Crippen LogP contribution in [-0.4, -0.2) is 43.1 Å². The van der Waals surface area contributed by atoms with Gasteiger partial charge in [0, 0.05) is 22.1 Å². The molecule has 0 aliphatic carbocycles. The molecule has 0 bridgehead atoms. The van der Waals surface area contributed by atoms with Gasteiger partial charge in [0.1, 0.15) is 6.04 Å². The molecule has 0 aliphatic rings. The van der Waals surface area contributed by atoms with Crippen LogP contribution in [0.3, 0.4) is 0 Å². The molecular weight excluding hydrogens is 358 g/mol. The maximum absolute atomic E-state index is 12.7. The highest BCUT2D eigenvalue weighted by Gasteiger charge is 2.27. The lowest BCUT2D eigenvalue weighted by Gasteiger charge is -2.32. The molecule has 1 aromatic carbocycles. The van der Waals surface area contributed by atoms with Crippen LogP contribution in [0, 0.1) is 0 Å². The molecular formula is C16H22BrN5O. The molecule has 124 valence electrons. The minimum absolute atomic E-state index is 0.00486. The van der Waals surface area contributed by atoms with Crippen molar-refractivity contribution >= 4 is 21.8 Å². The molecule has 1 atom stereocenters. The van der Waals surface area contributed by atoms with E-state index in [1.807, 2.05) is 56.9 Å². The lowest BCUT2D eigenvalue weighted by Crippen LogP contribution is -2.45. The van der Waals surface area contributed by atoms with Crippen molar-refractivity contribution in [2.45, 2.75) is 52.7 Å². The Bertz CT molecular complexity index is 657. The van der Waals surface area contributed by atoms with Gasteiger partial charge in [0.25, 0.3) is 0 Å². The number of aromatic nitrogens is 4. The van der Waals surface area contributed by atoms with E-state index < -0.39 is 6.04 Å². The van der Waals surface area contributed by atoms with Crippen LogP contribution in [0.1, 0.15) is 40.7 Å². The number of carbonyl (C=O) groups excluding carboxylic acids is 1. The summed E-state index contributed by atoms with van der Waals surface area (Å²) in [5, 5.41) is 12.5. The molecule has 7 heteroatoms. The smallest absolute Gasteiger partial charge is 0.249 e. The van der Waals surface area contributed by atoms with Crippen molar-refractivity contribution in [1.29, 1.82) is 0 Å². The van der Waals surface area contributed by atoms with E-state index in [1.54, 1.807) is 6.92 Å². The fraction of sp³-hybridized carbons (Fsp3) is 0.500. The van der Waals surface area contributed by atoms with E-state index in [0.717, 1.165) is 10.0 Å². The van der Waals surface area contributed by atoms with Gasteiger partial charge in [-0.05, 0) is 64.1 Å². The monoisotopic (exact) mass is 379 g/mol. The van der Waals surface area contributed by atoms with Crippen LogP contribution in [0.2, 0.25) is 0 Å². The second-order valence-corrected chi connectivity index (χ2v) is 6.96. The van der Waals surface area contributed by atoms with Crippen molar-refractivity contribution in [2.75, 3.05) is 0 Å². The quantitative estimate of drug-likeness (QED) is 0.799. The molecule has 2 rings (SSSR count). The Hall–Kier alpha value is -1.76. The van der Waals surface area contributed by atoms with Gasteiger partial charge < -0.3 is 4.90 Å². The van der Waals surface area contributed by atoms with Crippen LogP contribution in [0.5, 0.6) is 0 Å². The second-order valence-electron chi connectivity index (χ2n) is 6.05. The minimum atomic E-state index is -0.489.